The van der Waals surface area contributed by atoms with Crippen LogP contribution in [0.3, 0.4) is 0 Å². The van der Waals surface area contributed by atoms with Gasteiger partial charge in [0.15, 0.2) is 0 Å². The summed E-state index contributed by atoms with van der Waals surface area (Å²) >= 11 is 6.44. The van der Waals surface area contributed by atoms with Gasteiger partial charge in [-0.25, -0.2) is 0 Å². The van der Waals surface area contributed by atoms with Crippen LogP contribution in [0.5, 0.6) is 0 Å². The van der Waals surface area contributed by atoms with Gasteiger partial charge in [-0.15, -0.1) is 0 Å². The number of benzene rings is 3. The normalized spacial score (nSPS) is 14.5. The lowest BCUT2D eigenvalue weighted by Gasteiger charge is -2.43. The molecule has 3 amide bonds. The predicted octanol–water partition coefficient (Wildman–Crippen LogP) is 5.97. The molecule has 1 fully saturated rings. The van der Waals surface area contributed by atoms with Gasteiger partial charge in [0.2, 0.25) is 5.91 Å². The minimum absolute atomic E-state index is 0.0682. The molecule has 216 valence electrons. The molecule has 0 spiro atoms. The molecule has 8 nitrogen and oxygen atoms in total. The van der Waals surface area contributed by atoms with Crippen LogP contribution in [-0.4, -0.2) is 27.5 Å². The van der Waals surface area contributed by atoms with E-state index in [-0.39, 0.29) is 24.3 Å². The van der Waals surface area contributed by atoms with Gasteiger partial charge < -0.3 is 16.0 Å². The highest BCUT2D eigenvalue weighted by Crippen LogP contribution is 2.42. The number of anilines is 1. The molecule has 42 heavy (non-hydrogen) atoms. The maximum atomic E-state index is 13.5. The van der Waals surface area contributed by atoms with Gasteiger partial charge in [0.05, 0.1) is 12.0 Å². The maximum Gasteiger partial charge on any atom is 0.270 e. The van der Waals surface area contributed by atoms with E-state index in [2.05, 4.69) is 21.0 Å². The van der Waals surface area contributed by atoms with E-state index >= 15 is 0 Å². The highest BCUT2D eigenvalue weighted by Gasteiger charge is 2.40. The zero-order valence-corrected chi connectivity index (χ0v) is 24.4. The Balaban J connectivity index is 1.30. The smallest absolute Gasteiger partial charge is 0.270 e. The van der Waals surface area contributed by atoms with Crippen molar-refractivity contribution < 1.29 is 14.4 Å². The number of nitrogens with zero attached hydrogens (tertiary/aromatic N) is 2. The number of carbonyl (C=O) groups excluding carboxylic acids is 3. The van der Waals surface area contributed by atoms with E-state index in [9.17, 15) is 14.4 Å². The average molecular weight is 584 g/mol. The summed E-state index contributed by atoms with van der Waals surface area (Å²) in [6.07, 6.45) is 4.42. The van der Waals surface area contributed by atoms with Crippen molar-refractivity contribution in [1.82, 2.24) is 20.4 Å². The van der Waals surface area contributed by atoms with E-state index in [0.29, 0.717) is 22.0 Å². The first-order valence-corrected chi connectivity index (χ1v) is 14.5. The third-order valence-corrected chi connectivity index (χ3v) is 7.99. The van der Waals surface area contributed by atoms with Crippen LogP contribution in [0.4, 0.5) is 5.69 Å². The van der Waals surface area contributed by atoms with Crippen LogP contribution in [0.15, 0.2) is 91.1 Å². The summed E-state index contributed by atoms with van der Waals surface area (Å²) in [5.74, 6) is -0.865. The molecule has 0 unspecified atom stereocenters. The van der Waals surface area contributed by atoms with E-state index in [1.165, 1.54) is 0 Å². The molecule has 9 heteroatoms. The Kier molecular flexibility index (Phi) is 8.73. The minimum Gasteiger partial charge on any atom is -0.341 e. The van der Waals surface area contributed by atoms with E-state index < -0.39 is 17.5 Å². The predicted molar refractivity (Wildman–Crippen MR) is 163 cm³/mol. The molecule has 3 N–H and O–H groups in total. The van der Waals surface area contributed by atoms with Gasteiger partial charge in [0, 0.05) is 28.5 Å². The summed E-state index contributed by atoms with van der Waals surface area (Å²) in [7, 11) is 0. The van der Waals surface area contributed by atoms with E-state index in [1.807, 2.05) is 68.4 Å². The van der Waals surface area contributed by atoms with Crippen LogP contribution in [-0.2, 0) is 21.5 Å². The van der Waals surface area contributed by atoms with Gasteiger partial charge in [-0.1, -0.05) is 72.3 Å². The lowest BCUT2D eigenvalue weighted by atomic mass is 9.71. The molecule has 3 aromatic carbocycles. The van der Waals surface area contributed by atoms with Crippen molar-refractivity contribution in [2.24, 2.45) is 0 Å². The van der Waals surface area contributed by atoms with Crippen molar-refractivity contribution in [3.05, 3.63) is 119 Å². The Morgan fingerprint density at radius 1 is 0.929 bits per heavy atom. The fourth-order valence-corrected chi connectivity index (χ4v) is 5.52. The highest BCUT2D eigenvalue weighted by atomic mass is 35.5. The van der Waals surface area contributed by atoms with Crippen molar-refractivity contribution in [2.45, 2.75) is 57.2 Å². The van der Waals surface area contributed by atoms with Crippen molar-refractivity contribution in [3.8, 4) is 0 Å². The number of nitrogens with one attached hydrogen (secondary N) is 3. The SMILES string of the molecule is CC(C)n1nccc1C(=O)NC1(c2ccc(NC(=O)[C@H](NC(=O)Cc3ccccc3)c3ccccc3Cl)cc2)CCC1. The zero-order valence-electron chi connectivity index (χ0n) is 23.6. The summed E-state index contributed by atoms with van der Waals surface area (Å²) in [6, 6.07) is 24.6. The highest BCUT2D eigenvalue weighted by molar-refractivity contribution is 6.31. The average Bonchev–Trinajstić information content (AvgIpc) is 3.46. The van der Waals surface area contributed by atoms with Crippen molar-refractivity contribution in [1.29, 1.82) is 0 Å². The largest absolute Gasteiger partial charge is 0.341 e. The number of hydrogen-bond acceptors (Lipinski definition) is 4. The van der Waals surface area contributed by atoms with Crippen molar-refractivity contribution in [3.63, 3.8) is 0 Å². The minimum atomic E-state index is -0.988. The molecular formula is C33H34ClN5O3. The molecule has 0 radical (unpaired) electrons. The van der Waals surface area contributed by atoms with Crippen LogP contribution < -0.4 is 16.0 Å². The van der Waals surface area contributed by atoms with Gasteiger partial charge in [0.25, 0.3) is 11.8 Å². The number of amides is 3. The first kappa shape index (κ1) is 29.1. The molecule has 1 atom stereocenters. The van der Waals surface area contributed by atoms with E-state index in [1.54, 1.807) is 41.2 Å². The van der Waals surface area contributed by atoms with Crippen LogP contribution in [0.2, 0.25) is 5.02 Å². The van der Waals surface area contributed by atoms with E-state index in [0.717, 1.165) is 30.4 Å². The molecule has 1 saturated carbocycles. The fraction of sp³-hybridized carbons (Fsp3) is 0.273. The van der Waals surface area contributed by atoms with E-state index in [4.69, 9.17) is 11.6 Å². The molecule has 1 aromatic heterocycles. The topological polar surface area (TPSA) is 105 Å². The molecule has 1 aliphatic rings. The number of halogens is 1. The summed E-state index contributed by atoms with van der Waals surface area (Å²) < 4.78 is 1.72. The Morgan fingerprint density at radius 3 is 2.26 bits per heavy atom. The number of hydrogen-bond donors (Lipinski definition) is 3. The number of rotatable bonds is 10. The lowest BCUT2D eigenvalue weighted by Crippen LogP contribution is -2.51. The van der Waals surface area contributed by atoms with Gasteiger partial charge in [-0.2, -0.15) is 5.10 Å². The first-order valence-electron chi connectivity index (χ1n) is 14.1. The Morgan fingerprint density at radius 2 is 1.62 bits per heavy atom. The standard InChI is InChI=1S/C33H34ClN5O3/c1-22(2)39-28(17-20-35-39)31(41)38-33(18-8-19-33)24-13-15-25(16-14-24)36-32(42)30(26-11-6-7-12-27(26)34)37-29(40)21-23-9-4-3-5-10-23/h3-7,9-17,20,22,30H,8,18-19,21H2,1-2H3,(H,36,42)(H,37,40)(H,38,41)/t30-/m1/s1. The third-order valence-electron chi connectivity index (χ3n) is 7.65. The molecular weight excluding hydrogens is 550 g/mol. The second-order valence-corrected chi connectivity index (χ2v) is 11.3. The van der Waals surface area contributed by atoms with Crippen molar-refractivity contribution in [2.75, 3.05) is 5.32 Å². The van der Waals surface area contributed by atoms with Crippen LogP contribution in [0, 0.1) is 0 Å². The van der Waals surface area contributed by atoms with Gasteiger partial charge in [-0.05, 0) is 68.5 Å². The van der Waals surface area contributed by atoms with Crippen LogP contribution >= 0.6 is 11.6 Å². The summed E-state index contributed by atoms with van der Waals surface area (Å²) in [5, 5.41) is 13.7. The molecule has 1 heterocycles. The molecule has 0 aliphatic heterocycles. The molecule has 5 rings (SSSR count). The van der Waals surface area contributed by atoms with Crippen LogP contribution in [0.1, 0.15) is 72.4 Å². The van der Waals surface area contributed by atoms with Crippen molar-refractivity contribution >= 4 is 35.0 Å². The van der Waals surface area contributed by atoms with Crippen LogP contribution in [0.25, 0.3) is 0 Å². The second-order valence-electron chi connectivity index (χ2n) is 10.9. The molecule has 0 saturated heterocycles. The molecule has 4 aromatic rings. The van der Waals surface area contributed by atoms with Gasteiger partial charge in [-0.3, -0.25) is 19.1 Å². The molecule has 1 aliphatic carbocycles. The molecule has 0 bridgehead atoms. The second kappa shape index (κ2) is 12.6. The number of aromatic nitrogens is 2. The Labute approximate surface area is 250 Å². The Hall–Kier alpha value is -4.43. The zero-order chi connectivity index (χ0) is 29.7. The summed E-state index contributed by atoms with van der Waals surface area (Å²) in [4.78, 5) is 39.6. The van der Waals surface area contributed by atoms with Gasteiger partial charge >= 0.3 is 0 Å². The van der Waals surface area contributed by atoms with Gasteiger partial charge in [0.1, 0.15) is 11.7 Å². The lowest BCUT2D eigenvalue weighted by molar-refractivity contribution is -0.126. The first-order chi connectivity index (χ1) is 20.3. The maximum absolute atomic E-state index is 13.5. The summed E-state index contributed by atoms with van der Waals surface area (Å²) in [5.41, 5.74) is 2.93. The third kappa shape index (κ3) is 6.39. The summed E-state index contributed by atoms with van der Waals surface area (Å²) in [6.45, 7) is 3.97. The number of carbonyl (C=O) groups is 3. The quantitative estimate of drug-likeness (QED) is 0.214. The fourth-order valence-electron chi connectivity index (χ4n) is 5.28. The Bertz CT molecular complexity index is 1560. The monoisotopic (exact) mass is 583 g/mol.